The van der Waals surface area contributed by atoms with Crippen molar-refractivity contribution >= 4 is 21.8 Å². The number of nitrogens with two attached hydrogens (primary N) is 1. The van der Waals surface area contributed by atoms with E-state index in [-0.39, 0.29) is 16.9 Å². The van der Waals surface area contributed by atoms with Crippen LogP contribution in [-0.4, -0.2) is 26.8 Å². The molecule has 3 N–H and O–H groups in total. The number of fused-ring (bicyclic) bond motifs is 1. The van der Waals surface area contributed by atoms with Gasteiger partial charge in [0.25, 0.3) is 10.0 Å². The third-order valence-electron chi connectivity index (χ3n) is 3.82. The van der Waals surface area contributed by atoms with Crippen LogP contribution in [0.1, 0.15) is 21.5 Å². The molecule has 3 rings (SSSR count). The summed E-state index contributed by atoms with van der Waals surface area (Å²) >= 11 is 0. The number of sulfonamides is 1. The van der Waals surface area contributed by atoms with E-state index in [2.05, 4.69) is 0 Å². The number of carbonyl (C=O) groups is 2. The van der Waals surface area contributed by atoms with E-state index in [9.17, 15) is 18.0 Å². The Labute approximate surface area is 144 Å². The smallest absolute Gasteiger partial charge is 0.264 e. The lowest BCUT2D eigenvalue weighted by molar-refractivity contribution is -0.118. The Morgan fingerprint density at radius 3 is 2.52 bits per heavy atom. The van der Waals surface area contributed by atoms with Gasteiger partial charge in [0.05, 0.1) is 17.9 Å². The van der Waals surface area contributed by atoms with E-state index in [1.54, 1.807) is 12.1 Å². The molecule has 25 heavy (non-hydrogen) atoms. The summed E-state index contributed by atoms with van der Waals surface area (Å²) < 4.78 is 31.9. The van der Waals surface area contributed by atoms with Gasteiger partial charge < -0.3 is 10.5 Å². The fourth-order valence-electron chi connectivity index (χ4n) is 2.58. The summed E-state index contributed by atoms with van der Waals surface area (Å²) in [5, 5.41) is 0. The van der Waals surface area contributed by atoms with Crippen LogP contribution in [0, 0.1) is 0 Å². The number of benzene rings is 2. The van der Waals surface area contributed by atoms with Crippen LogP contribution in [0.3, 0.4) is 0 Å². The first-order valence-electron chi connectivity index (χ1n) is 7.55. The summed E-state index contributed by atoms with van der Waals surface area (Å²) in [4.78, 5) is 23.0. The molecule has 1 aliphatic heterocycles. The summed E-state index contributed by atoms with van der Waals surface area (Å²) in [6, 6.07) is 10.4. The zero-order valence-electron chi connectivity index (χ0n) is 13.2. The molecule has 1 heterocycles. The lowest BCUT2D eigenvalue weighted by Crippen LogP contribution is -2.31. The van der Waals surface area contributed by atoms with Crippen molar-refractivity contribution in [2.24, 2.45) is 5.73 Å². The second kappa shape index (κ2) is 6.56. The van der Waals surface area contributed by atoms with Crippen LogP contribution in [0.2, 0.25) is 0 Å². The number of amides is 2. The van der Waals surface area contributed by atoms with E-state index < -0.39 is 21.8 Å². The molecule has 0 saturated carbocycles. The Morgan fingerprint density at radius 1 is 1.12 bits per heavy atom. The van der Waals surface area contributed by atoms with Gasteiger partial charge in [-0.3, -0.25) is 9.59 Å². The second-order valence-electron chi connectivity index (χ2n) is 5.63. The zero-order chi connectivity index (χ0) is 18.0. The highest BCUT2D eigenvalue weighted by Crippen LogP contribution is 2.26. The Balaban J connectivity index is 1.70. The van der Waals surface area contributed by atoms with Gasteiger partial charge in [0, 0.05) is 12.0 Å². The summed E-state index contributed by atoms with van der Waals surface area (Å²) in [7, 11) is -4.01. The summed E-state index contributed by atoms with van der Waals surface area (Å²) in [6.07, 6.45) is 0.710. The van der Waals surface area contributed by atoms with E-state index in [4.69, 9.17) is 10.5 Å². The molecule has 0 spiro atoms. The molecule has 0 bridgehead atoms. The van der Waals surface area contributed by atoms with Crippen molar-refractivity contribution in [3.63, 3.8) is 0 Å². The number of carbonyl (C=O) groups excluding carboxylic acids is 2. The van der Waals surface area contributed by atoms with Crippen LogP contribution >= 0.6 is 0 Å². The average molecular weight is 360 g/mol. The predicted molar refractivity (Wildman–Crippen MR) is 89.6 cm³/mol. The molecule has 0 atom stereocenters. The first-order chi connectivity index (χ1) is 11.8. The average Bonchev–Trinajstić information content (AvgIpc) is 3.02. The van der Waals surface area contributed by atoms with Crippen LogP contribution in [0.15, 0.2) is 47.4 Å². The molecule has 8 heteroatoms. The molecule has 2 aromatic rings. The van der Waals surface area contributed by atoms with Gasteiger partial charge in [-0.2, -0.15) is 0 Å². The van der Waals surface area contributed by atoms with Crippen molar-refractivity contribution in [2.45, 2.75) is 17.7 Å². The summed E-state index contributed by atoms with van der Waals surface area (Å²) in [6.45, 7) is 0.612. The molecule has 2 aromatic carbocycles. The van der Waals surface area contributed by atoms with E-state index in [0.717, 1.165) is 17.7 Å². The minimum Gasteiger partial charge on any atom is -0.493 e. The lowest BCUT2D eigenvalue weighted by atomic mass is 10.1. The number of ether oxygens (including phenoxy) is 1. The van der Waals surface area contributed by atoms with Gasteiger partial charge in [0.2, 0.25) is 11.8 Å². The minimum atomic E-state index is -4.01. The molecule has 7 nitrogen and oxygen atoms in total. The van der Waals surface area contributed by atoms with Crippen molar-refractivity contribution in [3.8, 4) is 5.75 Å². The van der Waals surface area contributed by atoms with Crippen LogP contribution in [-0.2, 0) is 27.7 Å². The fourth-order valence-corrected chi connectivity index (χ4v) is 3.56. The Bertz CT molecular complexity index is 936. The topological polar surface area (TPSA) is 116 Å². The first kappa shape index (κ1) is 17.0. The molecule has 0 aromatic heterocycles. The third-order valence-corrected chi connectivity index (χ3v) is 5.21. The quantitative estimate of drug-likeness (QED) is 0.817. The standard InChI is InChI=1S/C17H16N2O5S/c18-17(21)12-2-4-14(5-3-12)25(22,23)19-16(20)10-11-1-6-15-13(9-11)7-8-24-15/h1-6,9H,7-8,10H2,(H2,18,21)(H,19,20). The number of primary amides is 1. The van der Waals surface area contributed by atoms with E-state index >= 15 is 0 Å². The van der Waals surface area contributed by atoms with Gasteiger partial charge in [0.15, 0.2) is 0 Å². The van der Waals surface area contributed by atoms with Gasteiger partial charge >= 0.3 is 0 Å². The number of hydrogen-bond acceptors (Lipinski definition) is 5. The number of rotatable bonds is 5. The van der Waals surface area contributed by atoms with Gasteiger partial charge in [-0.25, -0.2) is 13.1 Å². The van der Waals surface area contributed by atoms with Crippen molar-refractivity contribution in [1.29, 1.82) is 0 Å². The molecule has 2 amide bonds. The molecule has 0 radical (unpaired) electrons. The molecule has 0 fully saturated rings. The van der Waals surface area contributed by atoms with E-state index in [1.165, 1.54) is 24.3 Å². The maximum Gasteiger partial charge on any atom is 0.264 e. The Kier molecular flexibility index (Phi) is 4.45. The van der Waals surface area contributed by atoms with Crippen LogP contribution in [0.25, 0.3) is 0 Å². The van der Waals surface area contributed by atoms with Gasteiger partial charge in [-0.05, 0) is 41.5 Å². The van der Waals surface area contributed by atoms with Crippen LogP contribution in [0.5, 0.6) is 5.75 Å². The lowest BCUT2D eigenvalue weighted by Gasteiger charge is -2.08. The maximum absolute atomic E-state index is 12.2. The summed E-state index contributed by atoms with van der Waals surface area (Å²) in [5.74, 6) is -0.502. The zero-order valence-corrected chi connectivity index (χ0v) is 14.0. The highest BCUT2D eigenvalue weighted by molar-refractivity contribution is 7.90. The SMILES string of the molecule is NC(=O)c1ccc(S(=O)(=O)NC(=O)Cc2ccc3c(c2)CCO3)cc1. The molecular formula is C17H16N2O5S. The third kappa shape index (κ3) is 3.80. The highest BCUT2D eigenvalue weighted by Gasteiger charge is 2.19. The van der Waals surface area contributed by atoms with E-state index in [0.29, 0.717) is 12.2 Å². The van der Waals surface area contributed by atoms with E-state index in [1.807, 2.05) is 10.8 Å². The summed E-state index contributed by atoms with van der Waals surface area (Å²) in [5.41, 5.74) is 7.02. The number of nitrogens with one attached hydrogen (secondary N) is 1. The molecule has 1 aliphatic rings. The van der Waals surface area contributed by atoms with Crippen molar-refractivity contribution in [2.75, 3.05) is 6.61 Å². The minimum absolute atomic E-state index is 0.0636. The van der Waals surface area contributed by atoms with Crippen LogP contribution < -0.4 is 15.2 Å². The normalized spacial score (nSPS) is 13.0. The second-order valence-corrected chi connectivity index (χ2v) is 7.32. The molecule has 130 valence electrons. The molecule has 0 unspecified atom stereocenters. The number of hydrogen-bond donors (Lipinski definition) is 2. The van der Waals surface area contributed by atoms with Crippen molar-refractivity contribution in [1.82, 2.24) is 4.72 Å². The van der Waals surface area contributed by atoms with Gasteiger partial charge in [-0.1, -0.05) is 12.1 Å². The first-order valence-corrected chi connectivity index (χ1v) is 9.03. The highest BCUT2D eigenvalue weighted by atomic mass is 32.2. The largest absolute Gasteiger partial charge is 0.493 e. The molecular weight excluding hydrogens is 344 g/mol. The Hall–Kier alpha value is -2.87. The maximum atomic E-state index is 12.2. The van der Waals surface area contributed by atoms with Crippen molar-refractivity contribution in [3.05, 3.63) is 59.2 Å². The van der Waals surface area contributed by atoms with Gasteiger partial charge in [0.1, 0.15) is 5.75 Å². The monoisotopic (exact) mass is 360 g/mol. The fraction of sp³-hybridized carbons (Fsp3) is 0.176. The predicted octanol–water partition coefficient (Wildman–Crippen LogP) is 0.768. The Morgan fingerprint density at radius 2 is 1.84 bits per heavy atom. The van der Waals surface area contributed by atoms with Crippen LogP contribution in [0.4, 0.5) is 0 Å². The molecule has 0 aliphatic carbocycles. The van der Waals surface area contributed by atoms with Gasteiger partial charge in [-0.15, -0.1) is 0 Å². The van der Waals surface area contributed by atoms with Crippen molar-refractivity contribution < 1.29 is 22.7 Å². The molecule has 0 saturated heterocycles.